The van der Waals surface area contributed by atoms with Gasteiger partial charge in [-0.05, 0) is 35.9 Å². The fraction of sp³-hybridized carbons (Fsp3) is 0.200. The molecule has 11 heteroatoms. The van der Waals surface area contributed by atoms with E-state index in [2.05, 4.69) is 5.32 Å². The van der Waals surface area contributed by atoms with Crippen LogP contribution in [0.15, 0.2) is 52.3 Å². The predicted octanol–water partition coefficient (Wildman–Crippen LogP) is 2.37. The monoisotopic (exact) mass is 408 g/mol. The van der Waals surface area contributed by atoms with Crippen molar-refractivity contribution in [1.29, 1.82) is 0 Å². The Hall–Kier alpha value is -2.11. The van der Waals surface area contributed by atoms with Crippen molar-refractivity contribution >= 4 is 25.5 Å². The van der Waals surface area contributed by atoms with Crippen molar-refractivity contribution in [2.75, 3.05) is 11.6 Å². The molecule has 0 spiro atoms. The van der Waals surface area contributed by atoms with Gasteiger partial charge in [0.2, 0.25) is 10.0 Å². The summed E-state index contributed by atoms with van der Waals surface area (Å²) < 4.78 is 84.8. The molecule has 0 bridgehead atoms. The Morgan fingerprint density at radius 2 is 1.69 bits per heavy atom. The van der Waals surface area contributed by atoms with Gasteiger partial charge in [0.25, 0.3) is 0 Å². The summed E-state index contributed by atoms with van der Waals surface area (Å²) in [6.45, 7) is -0.0961. The number of halogens is 3. The largest absolute Gasteiger partial charge is 0.416 e. The van der Waals surface area contributed by atoms with Crippen LogP contribution in [0.1, 0.15) is 11.1 Å². The van der Waals surface area contributed by atoms with Crippen molar-refractivity contribution in [3.63, 3.8) is 0 Å². The number of hydrogen-bond acceptors (Lipinski definition) is 5. The highest BCUT2D eigenvalue weighted by molar-refractivity contribution is 7.91. The zero-order valence-electron chi connectivity index (χ0n) is 13.4. The maximum atomic E-state index is 12.7. The minimum Gasteiger partial charge on any atom is -0.380 e. The average molecular weight is 408 g/mol. The molecule has 0 aliphatic heterocycles. The van der Waals surface area contributed by atoms with E-state index in [4.69, 9.17) is 5.14 Å². The number of anilines is 1. The van der Waals surface area contributed by atoms with Gasteiger partial charge in [-0.25, -0.2) is 22.0 Å². The van der Waals surface area contributed by atoms with Gasteiger partial charge >= 0.3 is 6.18 Å². The number of sulfone groups is 1. The quantitative estimate of drug-likeness (QED) is 0.790. The van der Waals surface area contributed by atoms with Crippen LogP contribution < -0.4 is 10.5 Å². The van der Waals surface area contributed by atoms with Crippen LogP contribution in [0.25, 0.3) is 0 Å². The van der Waals surface area contributed by atoms with E-state index in [1.54, 1.807) is 0 Å². The highest BCUT2D eigenvalue weighted by Gasteiger charge is 2.30. The Bertz CT molecular complexity index is 1030. The molecule has 0 aliphatic carbocycles. The van der Waals surface area contributed by atoms with Gasteiger partial charge in [0.1, 0.15) is 0 Å². The lowest BCUT2D eigenvalue weighted by Gasteiger charge is -2.13. The topological polar surface area (TPSA) is 106 Å². The van der Waals surface area contributed by atoms with Crippen molar-refractivity contribution < 1.29 is 30.0 Å². The second kappa shape index (κ2) is 6.89. The number of alkyl halides is 3. The number of nitrogens with two attached hydrogens (primary N) is 1. The first kappa shape index (κ1) is 20.2. The van der Waals surface area contributed by atoms with E-state index in [1.165, 1.54) is 18.2 Å². The molecule has 0 amide bonds. The Morgan fingerprint density at radius 3 is 2.23 bits per heavy atom. The Morgan fingerprint density at radius 1 is 1.04 bits per heavy atom. The number of nitrogens with one attached hydrogen (secondary N) is 1. The summed E-state index contributed by atoms with van der Waals surface area (Å²) in [7, 11) is -7.92. The predicted molar refractivity (Wildman–Crippen MR) is 89.7 cm³/mol. The fourth-order valence-electron chi connectivity index (χ4n) is 2.19. The molecule has 0 saturated carbocycles. The third-order valence-corrected chi connectivity index (χ3v) is 5.47. The summed E-state index contributed by atoms with van der Waals surface area (Å²) >= 11 is 0. The summed E-state index contributed by atoms with van der Waals surface area (Å²) in [5.74, 6) is 0. The number of sulfonamides is 1. The molecule has 2 aromatic rings. The van der Waals surface area contributed by atoms with Crippen LogP contribution in [0.3, 0.4) is 0 Å². The molecule has 26 heavy (non-hydrogen) atoms. The lowest BCUT2D eigenvalue weighted by Crippen LogP contribution is -2.14. The van der Waals surface area contributed by atoms with E-state index in [1.807, 2.05) is 0 Å². The van der Waals surface area contributed by atoms with Gasteiger partial charge < -0.3 is 5.32 Å². The number of primary sulfonamides is 1. The van der Waals surface area contributed by atoms with Gasteiger partial charge in [0.05, 0.1) is 21.0 Å². The second-order valence-corrected chi connectivity index (χ2v) is 9.07. The maximum absolute atomic E-state index is 12.7. The normalized spacial score (nSPS) is 12.8. The Labute approximate surface area is 148 Å². The lowest BCUT2D eigenvalue weighted by atomic mass is 10.1. The minimum atomic E-state index is -4.49. The molecule has 0 saturated heterocycles. The van der Waals surface area contributed by atoms with Crippen LogP contribution in [0.4, 0.5) is 18.9 Å². The Balaban J connectivity index is 2.36. The van der Waals surface area contributed by atoms with E-state index in [9.17, 15) is 30.0 Å². The molecular weight excluding hydrogens is 393 g/mol. The van der Waals surface area contributed by atoms with Crippen molar-refractivity contribution in [1.82, 2.24) is 0 Å². The second-order valence-electron chi connectivity index (χ2n) is 5.53. The molecule has 6 nitrogen and oxygen atoms in total. The van der Waals surface area contributed by atoms with Crippen LogP contribution >= 0.6 is 0 Å². The van der Waals surface area contributed by atoms with Gasteiger partial charge in [0.15, 0.2) is 9.84 Å². The summed E-state index contributed by atoms with van der Waals surface area (Å²) in [6, 6.07) is 7.75. The summed E-state index contributed by atoms with van der Waals surface area (Å²) in [5.41, 5.74) is -0.503. The van der Waals surface area contributed by atoms with Crippen molar-refractivity contribution in [2.24, 2.45) is 5.14 Å². The minimum absolute atomic E-state index is 0.0531. The first-order valence-corrected chi connectivity index (χ1v) is 10.5. The number of benzene rings is 2. The van der Waals surface area contributed by atoms with Crippen LogP contribution in [0.2, 0.25) is 0 Å². The first-order valence-electron chi connectivity index (χ1n) is 7.05. The standard InChI is InChI=1S/C15H15F3N2O4S2/c1-25(21,22)14-8-12(26(19,23)24)5-6-13(14)20-9-10-3-2-4-11(7-10)15(16,17)18/h2-8,20H,9H2,1H3,(H2,19,23,24). The lowest BCUT2D eigenvalue weighted by molar-refractivity contribution is -0.137. The van der Waals surface area contributed by atoms with Gasteiger partial charge in [-0.15, -0.1) is 0 Å². The van der Waals surface area contributed by atoms with E-state index in [0.717, 1.165) is 30.5 Å². The van der Waals surface area contributed by atoms with Crippen molar-refractivity contribution in [3.05, 3.63) is 53.6 Å². The zero-order valence-corrected chi connectivity index (χ0v) is 15.0. The van der Waals surface area contributed by atoms with Gasteiger partial charge in [-0.1, -0.05) is 12.1 Å². The number of rotatable bonds is 5. The van der Waals surface area contributed by atoms with Gasteiger partial charge in [-0.2, -0.15) is 13.2 Å². The summed E-state index contributed by atoms with van der Waals surface area (Å²) in [6.07, 6.45) is -3.62. The summed E-state index contributed by atoms with van der Waals surface area (Å²) in [4.78, 5) is -0.710. The molecule has 3 N–H and O–H groups in total. The maximum Gasteiger partial charge on any atom is 0.416 e. The molecule has 2 rings (SSSR count). The smallest absolute Gasteiger partial charge is 0.380 e. The van der Waals surface area contributed by atoms with Crippen LogP contribution in [-0.4, -0.2) is 23.1 Å². The Kier molecular flexibility index (Phi) is 5.36. The molecule has 142 valence electrons. The molecule has 0 aromatic heterocycles. The molecule has 0 unspecified atom stereocenters. The highest BCUT2D eigenvalue weighted by atomic mass is 32.2. The van der Waals surface area contributed by atoms with Crippen LogP contribution in [0.5, 0.6) is 0 Å². The van der Waals surface area contributed by atoms with Gasteiger partial charge in [0, 0.05) is 12.8 Å². The third kappa shape index (κ3) is 4.96. The highest BCUT2D eigenvalue weighted by Crippen LogP contribution is 2.30. The molecule has 0 heterocycles. The third-order valence-electron chi connectivity index (χ3n) is 3.42. The van der Waals surface area contributed by atoms with E-state index < -0.39 is 31.6 Å². The molecule has 0 radical (unpaired) electrons. The molecule has 0 aliphatic rings. The van der Waals surface area contributed by atoms with Crippen molar-refractivity contribution in [3.8, 4) is 0 Å². The molecular formula is C15H15F3N2O4S2. The van der Waals surface area contributed by atoms with Crippen LogP contribution in [0, 0.1) is 0 Å². The molecule has 0 fully saturated rings. The first-order chi connectivity index (χ1) is 11.8. The van der Waals surface area contributed by atoms with E-state index in [0.29, 0.717) is 0 Å². The summed E-state index contributed by atoms with van der Waals surface area (Å²) in [5, 5.41) is 7.70. The SMILES string of the molecule is CS(=O)(=O)c1cc(S(N)(=O)=O)ccc1NCc1cccc(C(F)(F)F)c1. The van der Waals surface area contributed by atoms with Crippen LogP contribution in [-0.2, 0) is 32.6 Å². The molecule has 0 atom stereocenters. The molecule has 2 aromatic carbocycles. The number of hydrogen-bond donors (Lipinski definition) is 2. The average Bonchev–Trinajstić information content (AvgIpc) is 2.50. The van der Waals surface area contributed by atoms with E-state index >= 15 is 0 Å². The fourth-order valence-corrected chi connectivity index (χ4v) is 3.68. The zero-order chi connectivity index (χ0) is 19.8. The van der Waals surface area contributed by atoms with Crippen molar-refractivity contribution in [2.45, 2.75) is 22.5 Å². The van der Waals surface area contributed by atoms with Gasteiger partial charge in [-0.3, -0.25) is 0 Å². The van der Waals surface area contributed by atoms with E-state index in [-0.39, 0.29) is 27.6 Å².